The molecule has 0 aliphatic carbocycles. The second-order valence-electron chi connectivity index (χ2n) is 2.08. The summed E-state index contributed by atoms with van der Waals surface area (Å²) >= 11 is 0. The van der Waals surface area contributed by atoms with Crippen molar-refractivity contribution in [2.75, 3.05) is 6.61 Å². The lowest BCUT2D eigenvalue weighted by Crippen LogP contribution is -2.00. The highest BCUT2D eigenvalue weighted by atomic mass is 16.6. The molecule has 0 saturated carbocycles. The number of rotatable bonds is 3. The minimum Gasteiger partial charge on any atom is -0.460 e. The quantitative estimate of drug-likeness (QED) is 0.393. The first-order valence-corrected chi connectivity index (χ1v) is 3.41. The van der Waals surface area contributed by atoms with Crippen molar-refractivity contribution in [3.63, 3.8) is 0 Å². The third kappa shape index (κ3) is 2.17. The Bertz CT molecular complexity index is 357. The number of hydrogen-bond acceptors (Lipinski definition) is 4. The molecule has 0 atom stereocenters. The highest BCUT2D eigenvalue weighted by Gasteiger charge is 2.14. The molecule has 0 bridgehead atoms. The summed E-state index contributed by atoms with van der Waals surface area (Å²) in [4.78, 5) is 13.5. The van der Waals surface area contributed by atoms with Gasteiger partial charge in [0, 0.05) is 12.3 Å². The van der Waals surface area contributed by atoms with Crippen molar-refractivity contribution in [1.82, 2.24) is 4.98 Å². The Labute approximate surface area is 74.5 Å². The van der Waals surface area contributed by atoms with Crippen LogP contribution >= 0.6 is 0 Å². The second kappa shape index (κ2) is 4.07. The Morgan fingerprint density at radius 1 is 1.77 bits per heavy atom. The van der Waals surface area contributed by atoms with Gasteiger partial charge in [0.2, 0.25) is 0 Å². The summed E-state index contributed by atoms with van der Waals surface area (Å²) in [7, 11) is 0. The Morgan fingerprint density at radius 2 is 2.54 bits per heavy atom. The van der Waals surface area contributed by atoms with Gasteiger partial charge in [-0.3, -0.25) is 10.1 Å². The van der Waals surface area contributed by atoms with Gasteiger partial charge in [0.05, 0.1) is 4.92 Å². The Balaban J connectivity index is 2.92. The van der Waals surface area contributed by atoms with Crippen LogP contribution in [0.25, 0.3) is 0 Å². The fourth-order valence-corrected chi connectivity index (χ4v) is 0.743. The first-order chi connectivity index (χ1) is 6.25. The molecule has 0 fully saturated rings. The zero-order valence-corrected chi connectivity index (χ0v) is 6.64. The fraction of sp³-hybridized carbons (Fsp3) is 0.125. The Morgan fingerprint density at radius 3 is 3.15 bits per heavy atom. The predicted octanol–water partition coefficient (Wildman–Crippen LogP) is 1.00. The van der Waals surface area contributed by atoms with E-state index in [9.17, 15) is 10.1 Å². The molecule has 0 aliphatic rings. The first-order valence-electron chi connectivity index (χ1n) is 3.41. The molecule has 0 aromatic carbocycles. The number of aromatic nitrogens is 1. The zero-order valence-electron chi connectivity index (χ0n) is 6.64. The van der Waals surface area contributed by atoms with Crippen LogP contribution in [0.4, 0.5) is 5.69 Å². The average Bonchev–Trinajstić information content (AvgIpc) is 2.15. The van der Waals surface area contributed by atoms with Gasteiger partial charge >= 0.3 is 5.69 Å². The minimum atomic E-state index is -0.571. The third-order valence-corrected chi connectivity index (χ3v) is 1.24. The standard InChI is InChI=1S/C8H6N2O3/c1-2-6-13-8-7(10(11)12)4-3-5-9-8/h1,3-5H,6H2. The van der Waals surface area contributed by atoms with E-state index in [1.54, 1.807) is 0 Å². The average molecular weight is 178 g/mol. The molecule has 0 aliphatic heterocycles. The van der Waals surface area contributed by atoms with Gasteiger partial charge in [0.1, 0.15) is 0 Å². The molecule has 5 nitrogen and oxygen atoms in total. The molecule has 0 spiro atoms. The van der Waals surface area contributed by atoms with Gasteiger partial charge in [-0.25, -0.2) is 4.98 Å². The predicted molar refractivity (Wildman–Crippen MR) is 45.2 cm³/mol. The van der Waals surface area contributed by atoms with Crippen molar-refractivity contribution >= 4 is 5.69 Å². The maximum atomic E-state index is 10.4. The maximum Gasteiger partial charge on any atom is 0.330 e. The third-order valence-electron chi connectivity index (χ3n) is 1.24. The molecular formula is C8H6N2O3. The van der Waals surface area contributed by atoms with Crippen molar-refractivity contribution in [2.24, 2.45) is 0 Å². The summed E-state index contributed by atoms with van der Waals surface area (Å²) in [6.45, 7) is -0.0299. The molecule has 0 unspecified atom stereocenters. The van der Waals surface area contributed by atoms with Gasteiger partial charge in [-0.15, -0.1) is 6.42 Å². The Kier molecular flexibility index (Phi) is 2.82. The van der Waals surface area contributed by atoms with Crippen LogP contribution in [0, 0.1) is 22.5 Å². The Hall–Kier alpha value is -2.09. The lowest BCUT2D eigenvalue weighted by Gasteiger charge is -2.00. The maximum absolute atomic E-state index is 10.4. The van der Waals surface area contributed by atoms with Crippen molar-refractivity contribution in [3.05, 3.63) is 28.4 Å². The van der Waals surface area contributed by atoms with Crippen LogP contribution < -0.4 is 4.74 Å². The van der Waals surface area contributed by atoms with E-state index in [0.717, 1.165) is 0 Å². The lowest BCUT2D eigenvalue weighted by atomic mass is 10.4. The smallest absolute Gasteiger partial charge is 0.330 e. The highest BCUT2D eigenvalue weighted by molar-refractivity contribution is 5.39. The van der Waals surface area contributed by atoms with E-state index >= 15 is 0 Å². The van der Waals surface area contributed by atoms with E-state index < -0.39 is 4.92 Å². The van der Waals surface area contributed by atoms with Gasteiger partial charge in [-0.05, 0) is 6.07 Å². The molecule has 0 amide bonds. The van der Waals surface area contributed by atoms with Crippen LogP contribution in [0.1, 0.15) is 0 Å². The van der Waals surface area contributed by atoms with Crippen LogP contribution in [0.2, 0.25) is 0 Å². The van der Waals surface area contributed by atoms with Crippen molar-refractivity contribution in [2.45, 2.75) is 0 Å². The van der Waals surface area contributed by atoms with Gasteiger partial charge < -0.3 is 4.74 Å². The summed E-state index contributed by atoms with van der Waals surface area (Å²) in [6.07, 6.45) is 6.33. The van der Waals surface area contributed by atoms with Crippen LogP contribution in [-0.2, 0) is 0 Å². The molecule has 1 heterocycles. The largest absolute Gasteiger partial charge is 0.460 e. The molecule has 0 radical (unpaired) electrons. The molecule has 1 rings (SSSR count). The summed E-state index contributed by atoms with van der Waals surface area (Å²) in [5, 5.41) is 10.4. The zero-order chi connectivity index (χ0) is 9.68. The molecule has 66 valence electrons. The van der Waals surface area contributed by atoms with Crippen LogP contribution in [0.5, 0.6) is 5.88 Å². The van der Waals surface area contributed by atoms with Gasteiger partial charge in [-0.2, -0.15) is 0 Å². The van der Waals surface area contributed by atoms with Gasteiger partial charge in [0.25, 0.3) is 5.88 Å². The summed E-state index contributed by atoms with van der Waals surface area (Å²) in [6, 6.07) is 2.76. The van der Waals surface area contributed by atoms with Crippen LogP contribution in [-0.4, -0.2) is 16.5 Å². The molecule has 0 saturated heterocycles. The van der Waals surface area contributed by atoms with Crippen molar-refractivity contribution in [3.8, 4) is 18.2 Å². The van der Waals surface area contributed by atoms with E-state index in [0.29, 0.717) is 0 Å². The molecule has 5 heteroatoms. The molecular weight excluding hydrogens is 172 g/mol. The summed E-state index contributed by atoms with van der Waals surface area (Å²) < 4.78 is 4.86. The van der Waals surface area contributed by atoms with Crippen molar-refractivity contribution in [1.29, 1.82) is 0 Å². The summed E-state index contributed by atoms with van der Waals surface area (Å²) in [5.41, 5.74) is -0.183. The highest BCUT2D eigenvalue weighted by Crippen LogP contribution is 2.22. The number of pyridine rings is 1. The number of hydrogen-bond donors (Lipinski definition) is 0. The SMILES string of the molecule is C#CCOc1ncccc1[N+](=O)[O-]. The number of ether oxygens (including phenoxy) is 1. The normalized spacial score (nSPS) is 8.85. The molecule has 13 heavy (non-hydrogen) atoms. The lowest BCUT2D eigenvalue weighted by molar-refractivity contribution is -0.386. The van der Waals surface area contributed by atoms with E-state index in [4.69, 9.17) is 11.2 Å². The van der Waals surface area contributed by atoms with E-state index in [2.05, 4.69) is 10.9 Å². The number of nitrogens with zero attached hydrogens (tertiary/aromatic N) is 2. The topological polar surface area (TPSA) is 65.3 Å². The minimum absolute atomic E-state index is 0.0299. The monoisotopic (exact) mass is 178 g/mol. The van der Waals surface area contributed by atoms with Gasteiger partial charge in [-0.1, -0.05) is 5.92 Å². The fourth-order valence-electron chi connectivity index (χ4n) is 0.743. The number of terminal acetylenes is 1. The van der Waals surface area contributed by atoms with Gasteiger partial charge in [0.15, 0.2) is 6.61 Å². The molecule has 1 aromatic heterocycles. The number of nitro groups is 1. The second-order valence-corrected chi connectivity index (χ2v) is 2.08. The van der Waals surface area contributed by atoms with Crippen molar-refractivity contribution < 1.29 is 9.66 Å². The molecule has 0 N–H and O–H groups in total. The van der Waals surface area contributed by atoms with E-state index in [1.165, 1.54) is 18.3 Å². The summed E-state index contributed by atoms with van der Waals surface area (Å²) in [5.74, 6) is 2.15. The first kappa shape index (κ1) is 9.00. The molecule has 1 aromatic rings. The van der Waals surface area contributed by atoms with Crippen LogP contribution in [0.3, 0.4) is 0 Å². The van der Waals surface area contributed by atoms with Crippen LogP contribution in [0.15, 0.2) is 18.3 Å². The van der Waals surface area contributed by atoms with E-state index in [-0.39, 0.29) is 18.2 Å². The van der Waals surface area contributed by atoms with E-state index in [1.807, 2.05) is 0 Å².